The van der Waals surface area contributed by atoms with Crippen LogP contribution in [-0.2, 0) is 36.9 Å². The van der Waals surface area contributed by atoms with E-state index >= 15 is 0 Å². The van der Waals surface area contributed by atoms with Crippen LogP contribution >= 0.6 is 11.3 Å². The van der Waals surface area contributed by atoms with E-state index in [2.05, 4.69) is 5.32 Å². The molecule has 8 nitrogen and oxygen atoms in total. The fourth-order valence-corrected chi connectivity index (χ4v) is 5.37. The predicted octanol–water partition coefficient (Wildman–Crippen LogP) is 3.39. The number of thiophene rings is 1. The number of carbonyl (C=O) groups is 3. The third kappa shape index (κ3) is 5.36. The first-order valence-corrected chi connectivity index (χ1v) is 13.0. The maximum atomic E-state index is 12.7. The van der Waals surface area contributed by atoms with Crippen molar-refractivity contribution in [3.63, 3.8) is 0 Å². The largest absolute Gasteiger partial charge is 0.462 e. The molecule has 0 fully saturated rings. The summed E-state index contributed by atoms with van der Waals surface area (Å²) in [5.74, 6) is -1.90. The molecule has 0 radical (unpaired) electrons. The van der Waals surface area contributed by atoms with Gasteiger partial charge in [-0.2, -0.15) is 0 Å². The summed E-state index contributed by atoms with van der Waals surface area (Å²) in [6, 6.07) is 5.42. The molecule has 10 heteroatoms. The van der Waals surface area contributed by atoms with Crippen LogP contribution in [0, 0.1) is 0 Å². The minimum absolute atomic E-state index is 0.0198. The lowest BCUT2D eigenvalue weighted by Crippen LogP contribution is -2.30. The van der Waals surface area contributed by atoms with Gasteiger partial charge in [-0.05, 0) is 63.3 Å². The van der Waals surface area contributed by atoms with E-state index in [-0.39, 0.29) is 17.1 Å². The highest BCUT2D eigenvalue weighted by Gasteiger charge is 2.29. The number of hydrogen-bond acceptors (Lipinski definition) is 8. The smallest absolute Gasteiger partial charge is 0.341 e. The Balaban J connectivity index is 1.76. The topological polar surface area (TPSA) is 116 Å². The van der Waals surface area contributed by atoms with Crippen LogP contribution in [0.3, 0.4) is 0 Å². The van der Waals surface area contributed by atoms with Crippen molar-refractivity contribution >= 4 is 44.0 Å². The molecule has 1 heterocycles. The van der Waals surface area contributed by atoms with Crippen molar-refractivity contribution in [2.75, 3.05) is 18.2 Å². The SMILES string of the molecule is CCOC(=O)c1c(NC(=O)C(C)OC(=O)c2cccc(S(C)(=O)=O)c2)sc2c1CCCC2. The minimum atomic E-state index is -3.49. The molecule has 0 saturated heterocycles. The Labute approximate surface area is 190 Å². The van der Waals surface area contributed by atoms with Gasteiger partial charge in [0.25, 0.3) is 5.91 Å². The zero-order chi connectivity index (χ0) is 23.5. The molecule has 0 saturated carbocycles. The lowest BCUT2D eigenvalue weighted by molar-refractivity contribution is -0.123. The second-order valence-corrected chi connectivity index (χ2v) is 10.6. The molecule has 1 aliphatic rings. The van der Waals surface area contributed by atoms with Gasteiger partial charge in [-0.15, -0.1) is 11.3 Å². The molecule has 0 spiro atoms. The van der Waals surface area contributed by atoms with Gasteiger partial charge in [-0.3, -0.25) is 4.79 Å². The van der Waals surface area contributed by atoms with Crippen LogP contribution in [0.15, 0.2) is 29.2 Å². The van der Waals surface area contributed by atoms with Gasteiger partial charge in [-0.25, -0.2) is 18.0 Å². The Kier molecular flexibility index (Phi) is 7.35. The number of esters is 2. The Bertz CT molecular complexity index is 1150. The first-order chi connectivity index (χ1) is 15.1. The van der Waals surface area contributed by atoms with Crippen molar-refractivity contribution in [1.82, 2.24) is 0 Å². The van der Waals surface area contributed by atoms with Crippen LogP contribution in [0.5, 0.6) is 0 Å². The van der Waals surface area contributed by atoms with E-state index in [1.807, 2.05) is 0 Å². The number of hydrogen-bond donors (Lipinski definition) is 1. The van der Waals surface area contributed by atoms with Crippen LogP contribution < -0.4 is 5.32 Å². The highest BCUT2D eigenvalue weighted by Crippen LogP contribution is 2.38. The Morgan fingerprint density at radius 1 is 1.16 bits per heavy atom. The molecule has 1 aromatic carbocycles. The molecule has 1 atom stereocenters. The Hall–Kier alpha value is -2.72. The van der Waals surface area contributed by atoms with E-state index < -0.39 is 33.8 Å². The third-order valence-corrected chi connectivity index (χ3v) is 7.36. The lowest BCUT2D eigenvalue weighted by atomic mass is 9.95. The van der Waals surface area contributed by atoms with Gasteiger partial charge in [0.1, 0.15) is 5.00 Å². The molecule has 1 aliphatic carbocycles. The van der Waals surface area contributed by atoms with Crippen LogP contribution in [0.25, 0.3) is 0 Å². The number of rotatable bonds is 7. The molecule has 1 N–H and O–H groups in total. The molecule has 0 bridgehead atoms. The number of sulfone groups is 1. The van der Waals surface area contributed by atoms with Gasteiger partial charge in [-0.1, -0.05) is 6.07 Å². The summed E-state index contributed by atoms with van der Waals surface area (Å²) in [5, 5.41) is 3.10. The van der Waals surface area contributed by atoms with Crippen molar-refractivity contribution in [1.29, 1.82) is 0 Å². The number of anilines is 1. The molecule has 0 aliphatic heterocycles. The van der Waals surface area contributed by atoms with Crippen molar-refractivity contribution in [2.24, 2.45) is 0 Å². The molecule has 1 aromatic heterocycles. The van der Waals surface area contributed by atoms with Crippen LogP contribution in [-0.4, -0.2) is 45.2 Å². The molecule has 32 heavy (non-hydrogen) atoms. The summed E-state index contributed by atoms with van der Waals surface area (Å²) in [6.45, 7) is 3.35. The van der Waals surface area contributed by atoms with Crippen LogP contribution in [0.4, 0.5) is 5.00 Å². The summed E-state index contributed by atoms with van der Waals surface area (Å²) < 4.78 is 33.8. The van der Waals surface area contributed by atoms with E-state index in [1.54, 1.807) is 6.92 Å². The maximum absolute atomic E-state index is 12.7. The summed E-state index contributed by atoms with van der Waals surface area (Å²) in [7, 11) is -3.49. The van der Waals surface area contributed by atoms with E-state index in [9.17, 15) is 22.8 Å². The Morgan fingerprint density at radius 3 is 2.56 bits per heavy atom. The summed E-state index contributed by atoms with van der Waals surface area (Å²) in [4.78, 5) is 38.7. The van der Waals surface area contributed by atoms with Crippen molar-refractivity contribution < 1.29 is 32.3 Å². The monoisotopic (exact) mass is 479 g/mol. The zero-order valence-corrected chi connectivity index (χ0v) is 19.7. The standard InChI is InChI=1S/C22H25NO7S2/c1-4-29-22(26)18-16-10-5-6-11-17(16)31-20(18)23-19(24)13(2)30-21(25)14-8-7-9-15(12-14)32(3,27)28/h7-9,12-13H,4-6,10-11H2,1-3H3,(H,23,24). The highest BCUT2D eigenvalue weighted by atomic mass is 32.2. The quantitative estimate of drug-likeness (QED) is 0.605. The first kappa shape index (κ1) is 23.9. The molecule has 3 rings (SSSR count). The van der Waals surface area contributed by atoms with E-state index in [4.69, 9.17) is 9.47 Å². The number of carbonyl (C=O) groups excluding carboxylic acids is 3. The van der Waals surface area contributed by atoms with Gasteiger partial charge >= 0.3 is 11.9 Å². The highest BCUT2D eigenvalue weighted by molar-refractivity contribution is 7.90. The Morgan fingerprint density at radius 2 is 1.88 bits per heavy atom. The molecular formula is C22H25NO7S2. The van der Waals surface area contributed by atoms with Gasteiger partial charge < -0.3 is 14.8 Å². The number of aryl methyl sites for hydroxylation is 1. The molecule has 172 valence electrons. The third-order valence-electron chi connectivity index (χ3n) is 5.04. The van der Waals surface area contributed by atoms with E-state index in [1.165, 1.54) is 42.5 Å². The number of nitrogens with one attached hydrogen (secondary N) is 1. The molecule has 1 unspecified atom stereocenters. The normalized spacial score (nSPS) is 14.2. The van der Waals surface area contributed by atoms with Crippen molar-refractivity contribution in [3.8, 4) is 0 Å². The zero-order valence-electron chi connectivity index (χ0n) is 18.1. The minimum Gasteiger partial charge on any atom is -0.462 e. The van der Waals surface area contributed by atoms with Crippen LogP contribution in [0.2, 0.25) is 0 Å². The second kappa shape index (κ2) is 9.83. The summed E-state index contributed by atoms with van der Waals surface area (Å²) in [5.41, 5.74) is 1.31. The van der Waals surface area contributed by atoms with Crippen LogP contribution in [0.1, 0.15) is 57.8 Å². The fourth-order valence-electron chi connectivity index (χ4n) is 3.42. The average Bonchev–Trinajstić information content (AvgIpc) is 3.11. The number of benzene rings is 1. The second-order valence-electron chi connectivity index (χ2n) is 7.47. The van der Waals surface area contributed by atoms with E-state index in [0.29, 0.717) is 10.6 Å². The fraction of sp³-hybridized carbons (Fsp3) is 0.409. The lowest BCUT2D eigenvalue weighted by Gasteiger charge is -2.14. The van der Waals surface area contributed by atoms with Gasteiger partial charge in [0.05, 0.1) is 22.6 Å². The molecular weight excluding hydrogens is 454 g/mol. The number of fused-ring (bicyclic) bond motifs is 1. The van der Waals surface area contributed by atoms with Crippen molar-refractivity contribution in [3.05, 3.63) is 45.8 Å². The van der Waals surface area contributed by atoms with E-state index in [0.717, 1.165) is 42.4 Å². The van der Waals surface area contributed by atoms with Gasteiger partial charge in [0.15, 0.2) is 15.9 Å². The summed E-state index contributed by atoms with van der Waals surface area (Å²) >= 11 is 1.34. The average molecular weight is 480 g/mol. The van der Waals surface area contributed by atoms with Gasteiger partial charge in [0.2, 0.25) is 0 Å². The van der Waals surface area contributed by atoms with Gasteiger partial charge in [0, 0.05) is 11.1 Å². The summed E-state index contributed by atoms with van der Waals surface area (Å²) in [6.07, 6.45) is 3.43. The maximum Gasteiger partial charge on any atom is 0.341 e. The van der Waals surface area contributed by atoms with Crippen molar-refractivity contribution in [2.45, 2.75) is 50.5 Å². The number of ether oxygens (including phenoxy) is 2. The predicted molar refractivity (Wildman–Crippen MR) is 120 cm³/mol. The molecule has 2 aromatic rings. The molecule has 1 amide bonds. The number of amides is 1. The first-order valence-electron chi connectivity index (χ1n) is 10.3.